The molecule has 1 saturated heterocycles. The minimum Gasteiger partial charge on any atom is -0.353 e. The quantitative estimate of drug-likeness (QED) is 0.899. The highest BCUT2D eigenvalue weighted by Crippen LogP contribution is 2.30. The maximum Gasteiger partial charge on any atom is 0.133 e. The minimum absolute atomic E-state index is 0.486. The molecular weight excluding hydrogens is 314 g/mol. The summed E-state index contributed by atoms with van der Waals surface area (Å²) in [4.78, 5) is 7.19. The normalized spacial score (nSPS) is 23.4. The van der Waals surface area contributed by atoms with Gasteiger partial charge in [0.05, 0.1) is 0 Å². The van der Waals surface area contributed by atoms with E-state index in [0.29, 0.717) is 12.1 Å². The van der Waals surface area contributed by atoms with Gasteiger partial charge in [0.25, 0.3) is 0 Å². The van der Waals surface area contributed by atoms with Gasteiger partial charge in [-0.25, -0.2) is 4.98 Å². The largest absolute Gasteiger partial charge is 0.353 e. The SMILES string of the molecule is CC(C)NCc1cc(Br)cnc1N1CCCC(C)C1C. The van der Waals surface area contributed by atoms with Crippen LogP contribution in [0.4, 0.5) is 5.82 Å². The summed E-state index contributed by atoms with van der Waals surface area (Å²) >= 11 is 3.55. The summed E-state index contributed by atoms with van der Waals surface area (Å²) in [5.41, 5.74) is 1.29. The predicted octanol–water partition coefficient (Wildman–Crippen LogP) is 3.97. The molecule has 2 atom stereocenters. The van der Waals surface area contributed by atoms with Crippen LogP contribution in [0.1, 0.15) is 46.1 Å². The van der Waals surface area contributed by atoms with Crippen LogP contribution >= 0.6 is 15.9 Å². The predicted molar refractivity (Wildman–Crippen MR) is 89.1 cm³/mol. The van der Waals surface area contributed by atoms with E-state index in [1.165, 1.54) is 18.4 Å². The van der Waals surface area contributed by atoms with E-state index < -0.39 is 0 Å². The van der Waals surface area contributed by atoms with Crippen molar-refractivity contribution in [1.82, 2.24) is 10.3 Å². The maximum atomic E-state index is 4.70. The van der Waals surface area contributed by atoms with Crippen molar-refractivity contribution in [2.24, 2.45) is 5.92 Å². The number of nitrogens with zero attached hydrogens (tertiary/aromatic N) is 2. The van der Waals surface area contributed by atoms with Crippen LogP contribution in [0.25, 0.3) is 0 Å². The Hall–Kier alpha value is -0.610. The highest BCUT2D eigenvalue weighted by Gasteiger charge is 2.27. The fourth-order valence-electron chi connectivity index (χ4n) is 2.81. The van der Waals surface area contributed by atoms with Crippen LogP contribution in [-0.2, 0) is 6.54 Å². The third kappa shape index (κ3) is 3.73. The van der Waals surface area contributed by atoms with Crippen LogP contribution in [0.3, 0.4) is 0 Å². The smallest absolute Gasteiger partial charge is 0.133 e. The molecule has 0 aromatic carbocycles. The average molecular weight is 340 g/mol. The van der Waals surface area contributed by atoms with Crippen LogP contribution in [0.5, 0.6) is 0 Å². The van der Waals surface area contributed by atoms with E-state index >= 15 is 0 Å². The number of piperidine rings is 1. The van der Waals surface area contributed by atoms with Crippen molar-refractivity contribution in [1.29, 1.82) is 0 Å². The van der Waals surface area contributed by atoms with E-state index in [4.69, 9.17) is 4.98 Å². The van der Waals surface area contributed by atoms with Crippen LogP contribution in [0.2, 0.25) is 0 Å². The lowest BCUT2D eigenvalue weighted by atomic mass is 9.92. The summed E-state index contributed by atoms with van der Waals surface area (Å²) < 4.78 is 1.06. The van der Waals surface area contributed by atoms with Crippen molar-refractivity contribution >= 4 is 21.7 Å². The molecule has 112 valence electrons. The van der Waals surface area contributed by atoms with E-state index in [0.717, 1.165) is 29.3 Å². The van der Waals surface area contributed by atoms with E-state index in [1.807, 2.05) is 6.20 Å². The third-order valence-corrected chi connectivity index (χ3v) is 4.69. The summed E-state index contributed by atoms with van der Waals surface area (Å²) in [7, 11) is 0. The fraction of sp³-hybridized carbons (Fsp3) is 0.688. The van der Waals surface area contributed by atoms with Gasteiger partial charge in [0.1, 0.15) is 5.82 Å². The summed E-state index contributed by atoms with van der Waals surface area (Å²) in [6.45, 7) is 11.0. The summed E-state index contributed by atoms with van der Waals surface area (Å²) in [5.74, 6) is 1.89. The molecular formula is C16H26BrN3. The van der Waals surface area contributed by atoms with Crippen LogP contribution < -0.4 is 10.2 Å². The summed E-state index contributed by atoms with van der Waals surface area (Å²) in [5, 5.41) is 3.51. The van der Waals surface area contributed by atoms with Gasteiger partial charge < -0.3 is 10.2 Å². The molecule has 0 radical (unpaired) electrons. The lowest BCUT2D eigenvalue weighted by Crippen LogP contribution is -2.43. The Kier molecular flexibility index (Phi) is 5.44. The second-order valence-corrected chi connectivity index (χ2v) is 7.14. The number of hydrogen-bond donors (Lipinski definition) is 1. The molecule has 20 heavy (non-hydrogen) atoms. The monoisotopic (exact) mass is 339 g/mol. The first-order valence-corrected chi connectivity index (χ1v) is 8.42. The number of hydrogen-bond acceptors (Lipinski definition) is 3. The first-order chi connectivity index (χ1) is 9.49. The van der Waals surface area contributed by atoms with E-state index in [-0.39, 0.29) is 0 Å². The number of aromatic nitrogens is 1. The highest BCUT2D eigenvalue weighted by molar-refractivity contribution is 9.10. The lowest BCUT2D eigenvalue weighted by Gasteiger charge is -2.39. The van der Waals surface area contributed by atoms with Gasteiger partial charge in [-0.15, -0.1) is 0 Å². The molecule has 0 bridgehead atoms. The highest BCUT2D eigenvalue weighted by atomic mass is 79.9. The molecule has 1 aliphatic heterocycles. The van der Waals surface area contributed by atoms with E-state index in [9.17, 15) is 0 Å². The van der Waals surface area contributed by atoms with Gasteiger partial charge in [0.15, 0.2) is 0 Å². The number of anilines is 1. The van der Waals surface area contributed by atoms with Crippen LogP contribution in [0.15, 0.2) is 16.7 Å². The van der Waals surface area contributed by atoms with Gasteiger partial charge in [0, 0.05) is 41.4 Å². The zero-order valence-electron chi connectivity index (χ0n) is 13.0. The topological polar surface area (TPSA) is 28.2 Å². The number of halogens is 1. The zero-order chi connectivity index (χ0) is 14.7. The maximum absolute atomic E-state index is 4.70. The van der Waals surface area contributed by atoms with Crippen LogP contribution in [0, 0.1) is 5.92 Å². The molecule has 1 aromatic heterocycles. The van der Waals surface area contributed by atoms with Gasteiger partial charge in [-0.2, -0.15) is 0 Å². The van der Waals surface area contributed by atoms with Gasteiger partial charge in [0.2, 0.25) is 0 Å². The number of nitrogens with one attached hydrogen (secondary N) is 1. The summed E-state index contributed by atoms with van der Waals surface area (Å²) in [6.07, 6.45) is 4.51. The van der Waals surface area contributed by atoms with Crippen molar-refractivity contribution in [3.05, 3.63) is 22.3 Å². The molecule has 1 N–H and O–H groups in total. The van der Waals surface area contributed by atoms with Crippen molar-refractivity contribution < 1.29 is 0 Å². The molecule has 0 aliphatic carbocycles. The van der Waals surface area contributed by atoms with Gasteiger partial charge in [-0.1, -0.05) is 20.8 Å². The Morgan fingerprint density at radius 3 is 2.90 bits per heavy atom. The Balaban J connectivity index is 2.25. The Bertz CT molecular complexity index is 447. The third-order valence-electron chi connectivity index (χ3n) is 4.26. The standard InChI is InChI=1S/C16H26BrN3/c1-11(2)18-9-14-8-15(17)10-19-16(14)20-7-5-6-12(3)13(20)4/h8,10-13,18H,5-7,9H2,1-4H3. The molecule has 1 fully saturated rings. The van der Waals surface area contributed by atoms with Gasteiger partial charge in [-0.05, 0) is 47.7 Å². The van der Waals surface area contributed by atoms with Crippen LogP contribution in [-0.4, -0.2) is 23.6 Å². The second-order valence-electron chi connectivity index (χ2n) is 6.23. The van der Waals surface area contributed by atoms with Gasteiger partial charge >= 0.3 is 0 Å². The molecule has 0 amide bonds. The molecule has 0 saturated carbocycles. The zero-order valence-corrected chi connectivity index (χ0v) is 14.6. The Morgan fingerprint density at radius 1 is 1.45 bits per heavy atom. The molecule has 0 spiro atoms. The molecule has 4 heteroatoms. The molecule has 2 unspecified atom stereocenters. The molecule has 1 aliphatic rings. The van der Waals surface area contributed by atoms with Crippen molar-refractivity contribution in [3.8, 4) is 0 Å². The first-order valence-electron chi connectivity index (χ1n) is 7.63. The fourth-order valence-corrected chi connectivity index (χ4v) is 3.19. The lowest BCUT2D eigenvalue weighted by molar-refractivity contribution is 0.360. The van der Waals surface area contributed by atoms with E-state index in [1.54, 1.807) is 0 Å². The number of pyridine rings is 1. The Labute approximate surface area is 131 Å². The van der Waals surface area contributed by atoms with E-state index in [2.05, 4.69) is 59.9 Å². The second kappa shape index (κ2) is 6.90. The number of rotatable bonds is 4. The molecule has 3 nitrogen and oxygen atoms in total. The van der Waals surface area contributed by atoms with Crippen molar-refractivity contribution in [2.75, 3.05) is 11.4 Å². The first kappa shape index (κ1) is 15.8. The van der Waals surface area contributed by atoms with Crippen molar-refractivity contribution in [2.45, 2.75) is 59.2 Å². The molecule has 1 aromatic rings. The summed E-state index contributed by atoms with van der Waals surface area (Å²) in [6, 6.07) is 3.25. The molecule has 2 rings (SSSR count). The van der Waals surface area contributed by atoms with Crippen molar-refractivity contribution in [3.63, 3.8) is 0 Å². The Morgan fingerprint density at radius 2 is 2.20 bits per heavy atom. The average Bonchev–Trinajstić information content (AvgIpc) is 2.40. The minimum atomic E-state index is 0.486. The molecule has 2 heterocycles. The van der Waals surface area contributed by atoms with Gasteiger partial charge in [-0.3, -0.25) is 0 Å².